The molecule has 0 saturated carbocycles. The van der Waals surface area contributed by atoms with Crippen molar-refractivity contribution < 1.29 is 9.90 Å². The van der Waals surface area contributed by atoms with Crippen molar-refractivity contribution in [3.63, 3.8) is 0 Å². The lowest BCUT2D eigenvalue weighted by Crippen LogP contribution is -2.52. The first-order valence-corrected chi connectivity index (χ1v) is 6.78. The van der Waals surface area contributed by atoms with Crippen molar-refractivity contribution in [3.8, 4) is 5.75 Å². The first-order valence-electron chi connectivity index (χ1n) is 5.99. The molecular weight excluding hydrogens is 296 g/mol. The second-order valence-corrected chi connectivity index (χ2v) is 5.22. The molecule has 100 valence electrons. The van der Waals surface area contributed by atoms with Crippen LogP contribution in [-0.2, 0) is 0 Å². The van der Waals surface area contributed by atoms with E-state index in [-0.39, 0.29) is 17.2 Å². The van der Waals surface area contributed by atoms with Crippen molar-refractivity contribution in [2.45, 2.75) is 32.2 Å². The number of phenols is 1. The summed E-state index contributed by atoms with van der Waals surface area (Å²) in [6.45, 7) is 4.35. The number of hydrogen-bond donors (Lipinski definition) is 3. The van der Waals surface area contributed by atoms with Gasteiger partial charge < -0.3 is 16.2 Å². The molecule has 0 heterocycles. The Morgan fingerprint density at radius 1 is 1.44 bits per heavy atom. The van der Waals surface area contributed by atoms with Gasteiger partial charge in [-0.15, -0.1) is 0 Å². The van der Waals surface area contributed by atoms with E-state index in [0.717, 1.165) is 17.3 Å². The third kappa shape index (κ3) is 3.23. The largest absolute Gasteiger partial charge is 0.507 e. The van der Waals surface area contributed by atoms with Crippen LogP contribution in [0.2, 0.25) is 0 Å². The van der Waals surface area contributed by atoms with Crippen LogP contribution >= 0.6 is 15.9 Å². The lowest BCUT2D eigenvalue weighted by atomic mass is 9.92. The van der Waals surface area contributed by atoms with Gasteiger partial charge in [-0.25, -0.2) is 0 Å². The molecule has 0 aromatic heterocycles. The molecule has 4 N–H and O–H groups in total. The summed E-state index contributed by atoms with van der Waals surface area (Å²) in [5.74, 6) is -0.339. The fraction of sp³-hybridized carbons (Fsp3) is 0.462. The minimum atomic E-state index is -0.406. The zero-order valence-electron chi connectivity index (χ0n) is 10.7. The molecule has 0 atom stereocenters. The van der Waals surface area contributed by atoms with Gasteiger partial charge in [-0.1, -0.05) is 29.8 Å². The van der Waals surface area contributed by atoms with Crippen molar-refractivity contribution in [2.24, 2.45) is 5.73 Å². The zero-order chi connectivity index (χ0) is 13.8. The standard InChI is InChI=1S/C13H19BrN2O2/c1-3-13(4-2,8-15)16-12(18)10-6-5-9(14)7-11(10)17/h5-7,17H,3-4,8,15H2,1-2H3,(H,16,18). The number of hydrogen-bond acceptors (Lipinski definition) is 3. The van der Waals surface area contributed by atoms with Gasteiger partial charge in [0, 0.05) is 11.0 Å². The Morgan fingerprint density at radius 2 is 2.06 bits per heavy atom. The second-order valence-electron chi connectivity index (χ2n) is 4.31. The quantitative estimate of drug-likeness (QED) is 0.781. The predicted molar refractivity (Wildman–Crippen MR) is 75.6 cm³/mol. The molecule has 0 fully saturated rings. The summed E-state index contributed by atoms with van der Waals surface area (Å²) >= 11 is 3.24. The third-order valence-electron chi connectivity index (χ3n) is 3.33. The highest BCUT2D eigenvalue weighted by atomic mass is 79.9. The summed E-state index contributed by atoms with van der Waals surface area (Å²) in [5, 5.41) is 12.7. The van der Waals surface area contributed by atoms with Gasteiger partial charge in [0.25, 0.3) is 5.91 Å². The van der Waals surface area contributed by atoms with Gasteiger partial charge in [0.15, 0.2) is 0 Å². The van der Waals surface area contributed by atoms with Crippen LogP contribution in [-0.4, -0.2) is 23.1 Å². The van der Waals surface area contributed by atoms with Gasteiger partial charge in [0.05, 0.1) is 11.1 Å². The number of amides is 1. The highest BCUT2D eigenvalue weighted by molar-refractivity contribution is 9.10. The molecule has 1 aromatic carbocycles. The molecule has 0 saturated heterocycles. The fourth-order valence-electron chi connectivity index (χ4n) is 1.77. The van der Waals surface area contributed by atoms with E-state index in [0.29, 0.717) is 6.54 Å². The SMILES string of the molecule is CCC(CC)(CN)NC(=O)c1ccc(Br)cc1O. The average molecular weight is 315 g/mol. The van der Waals surface area contributed by atoms with Crippen LogP contribution < -0.4 is 11.1 Å². The van der Waals surface area contributed by atoms with Crippen molar-refractivity contribution >= 4 is 21.8 Å². The number of phenolic OH excluding ortho intramolecular Hbond substituents is 1. The van der Waals surface area contributed by atoms with Gasteiger partial charge in [0.1, 0.15) is 5.75 Å². The fourth-order valence-corrected chi connectivity index (χ4v) is 2.12. The first-order chi connectivity index (χ1) is 8.48. The van der Waals surface area contributed by atoms with Crippen LogP contribution in [0, 0.1) is 0 Å². The monoisotopic (exact) mass is 314 g/mol. The van der Waals surface area contributed by atoms with E-state index in [1.165, 1.54) is 6.07 Å². The topological polar surface area (TPSA) is 75.3 Å². The van der Waals surface area contributed by atoms with E-state index < -0.39 is 5.54 Å². The van der Waals surface area contributed by atoms with Crippen molar-refractivity contribution in [1.29, 1.82) is 0 Å². The van der Waals surface area contributed by atoms with Crippen LogP contribution in [0.5, 0.6) is 5.75 Å². The number of nitrogens with two attached hydrogens (primary N) is 1. The summed E-state index contributed by atoms with van der Waals surface area (Å²) in [5.41, 5.74) is 5.59. The number of nitrogens with one attached hydrogen (secondary N) is 1. The van der Waals surface area contributed by atoms with Gasteiger partial charge in [-0.05, 0) is 31.0 Å². The van der Waals surface area contributed by atoms with E-state index in [4.69, 9.17) is 5.73 Å². The Hall–Kier alpha value is -1.07. The Kier molecular flexibility index (Phi) is 5.16. The van der Waals surface area contributed by atoms with Gasteiger partial charge in [-0.3, -0.25) is 4.79 Å². The van der Waals surface area contributed by atoms with Crippen LogP contribution in [0.1, 0.15) is 37.0 Å². The summed E-state index contributed by atoms with van der Waals surface area (Å²) in [6.07, 6.45) is 1.51. The van der Waals surface area contributed by atoms with Gasteiger partial charge in [0.2, 0.25) is 0 Å². The number of aromatic hydroxyl groups is 1. The lowest BCUT2D eigenvalue weighted by Gasteiger charge is -2.31. The van der Waals surface area contributed by atoms with Crippen LogP contribution in [0.3, 0.4) is 0 Å². The van der Waals surface area contributed by atoms with Gasteiger partial charge in [-0.2, -0.15) is 0 Å². The molecule has 4 nitrogen and oxygen atoms in total. The third-order valence-corrected chi connectivity index (χ3v) is 3.82. The Balaban J connectivity index is 2.94. The van der Waals surface area contributed by atoms with Crippen molar-refractivity contribution in [3.05, 3.63) is 28.2 Å². The number of carbonyl (C=O) groups is 1. The Morgan fingerprint density at radius 3 is 2.50 bits per heavy atom. The molecule has 1 rings (SSSR count). The van der Waals surface area contributed by atoms with E-state index in [1.54, 1.807) is 12.1 Å². The molecule has 0 spiro atoms. The molecule has 0 aliphatic heterocycles. The molecule has 1 amide bonds. The summed E-state index contributed by atoms with van der Waals surface area (Å²) in [4.78, 5) is 12.1. The van der Waals surface area contributed by atoms with Crippen LogP contribution in [0.25, 0.3) is 0 Å². The molecule has 0 bridgehead atoms. The maximum Gasteiger partial charge on any atom is 0.255 e. The smallest absolute Gasteiger partial charge is 0.255 e. The highest BCUT2D eigenvalue weighted by Crippen LogP contribution is 2.23. The number of rotatable bonds is 5. The molecular formula is C13H19BrN2O2. The normalized spacial score (nSPS) is 11.3. The average Bonchev–Trinajstić information content (AvgIpc) is 2.36. The molecule has 18 heavy (non-hydrogen) atoms. The lowest BCUT2D eigenvalue weighted by molar-refractivity contribution is 0.0892. The summed E-state index contributed by atoms with van der Waals surface area (Å²) < 4.78 is 0.729. The minimum absolute atomic E-state index is 0.0417. The zero-order valence-corrected chi connectivity index (χ0v) is 12.3. The van der Waals surface area contributed by atoms with Gasteiger partial charge >= 0.3 is 0 Å². The van der Waals surface area contributed by atoms with Crippen LogP contribution in [0.4, 0.5) is 0 Å². The van der Waals surface area contributed by atoms with Crippen molar-refractivity contribution in [2.75, 3.05) is 6.54 Å². The first kappa shape index (κ1) is 15.0. The highest BCUT2D eigenvalue weighted by Gasteiger charge is 2.27. The molecule has 0 radical (unpaired) electrons. The Bertz CT molecular complexity index is 423. The second kappa shape index (κ2) is 6.20. The predicted octanol–water partition coefficient (Wildman–Crippen LogP) is 2.40. The molecule has 5 heteroatoms. The van der Waals surface area contributed by atoms with E-state index in [1.807, 2.05) is 13.8 Å². The number of halogens is 1. The van der Waals surface area contributed by atoms with E-state index >= 15 is 0 Å². The Labute approximate surface area is 116 Å². The molecule has 0 aliphatic carbocycles. The van der Waals surface area contributed by atoms with E-state index in [2.05, 4.69) is 21.2 Å². The maximum atomic E-state index is 12.1. The minimum Gasteiger partial charge on any atom is -0.507 e. The van der Waals surface area contributed by atoms with E-state index in [9.17, 15) is 9.90 Å². The molecule has 0 aliphatic rings. The number of benzene rings is 1. The van der Waals surface area contributed by atoms with Crippen molar-refractivity contribution in [1.82, 2.24) is 5.32 Å². The molecule has 1 aromatic rings. The maximum absolute atomic E-state index is 12.1. The summed E-state index contributed by atoms with van der Waals surface area (Å²) in [6, 6.07) is 4.80. The number of carbonyl (C=O) groups excluding carboxylic acids is 1. The van der Waals surface area contributed by atoms with Crippen LogP contribution in [0.15, 0.2) is 22.7 Å². The summed E-state index contributed by atoms with van der Waals surface area (Å²) in [7, 11) is 0. The molecule has 0 unspecified atom stereocenters.